The van der Waals surface area contributed by atoms with Crippen LogP contribution in [-0.2, 0) is 14.9 Å². The van der Waals surface area contributed by atoms with E-state index in [9.17, 15) is 4.79 Å². The fraction of sp³-hybridized carbons (Fsp3) is 0.611. The number of nitrogens with one attached hydrogen (secondary N) is 1. The summed E-state index contributed by atoms with van der Waals surface area (Å²) in [5.41, 5.74) is 0.766. The molecule has 21 heavy (non-hydrogen) atoms. The first-order valence-corrected chi connectivity index (χ1v) is 8.38. The van der Waals surface area contributed by atoms with Gasteiger partial charge in [0.1, 0.15) is 13.2 Å². The van der Waals surface area contributed by atoms with Crippen LogP contribution in [0.5, 0.6) is 0 Å². The number of hydrogen-bond acceptors (Lipinski definition) is 2. The minimum Gasteiger partial charge on any atom is -0.459 e. The summed E-state index contributed by atoms with van der Waals surface area (Å²) in [4.78, 5) is 14.3. The van der Waals surface area contributed by atoms with Crippen LogP contribution in [0.4, 0.5) is 0 Å². The SMILES string of the molecule is O=C(OCC[NH+]1CCCC1)C1(c2ccccc2)CCCC1. The maximum Gasteiger partial charge on any atom is 0.316 e. The zero-order valence-electron chi connectivity index (χ0n) is 12.8. The smallest absolute Gasteiger partial charge is 0.316 e. The van der Waals surface area contributed by atoms with Gasteiger partial charge in [0.25, 0.3) is 0 Å². The van der Waals surface area contributed by atoms with Crippen molar-refractivity contribution >= 4 is 5.97 Å². The van der Waals surface area contributed by atoms with Gasteiger partial charge in [-0.2, -0.15) is 0 Å². The van der Waals surface area contributed by atoms with Crippen molar-refractivity contribution in [3.8, 4) is 0 Å². The first-order valence-electron chi connectivity index (χ1n) is 8.38. The lowest BCUT2D eigenvalue weighted by Crippen LogP contribution is -3.10. The molecule has 0 aromatic heterocycles. The minimum atomic E-state index is -0.373. The Hall–Kier alpha value is -1.35. The Morgan fingerprint density at radius 2 is 1.71 bits per heavy atom. The molecule has 0 bridgehead atoms. The van der Waals surface area contributed by atoms with Crippen molar-refractivity contribution in [2.45, 2.75) is 43.9 Å². The lowest BCUT2D eigenvalue weighted by atomic mass is 9.79. The third-order valence-corrected chi connectivity index (χ3v) is 5.17. The second kappa shape index (κ2) is 6.61. The average Bonchev–Trinajstić information content (AvgIpc) is 3.20. The maximum atomic E-state index is 12.7. The molecule has 1 aliphatic carbocycles. The molecular formula is C18H26NO2+. The molecule has 1 aromatic carbocycles. The zero-order valence-corrected chi connectivity index (χ0v) is 12.8. The molecular weight excluding hydrogens is 262 g/mol. The molecule has 3 nitrogen and oxygen atoms in total. The summed E-state index contributed by atoms with van der Waals surface area (Å²) >= 11 is 0. The number of hydrogen-bond donors (Lipinski definition) is 1. The average molecular weight is 288 g/mol. The van der Waals surface area contributed by atoms with Crippen molar-refractivity contribution in [1.82, 2.24) is 0 Å². The van der Waals surface area contributed by atoms with E-state index in [1.807, 2.05) is 18.2 Å². The van der Waals surface area contributed by atoms with Gasteiger partial charge in [-0.1, -0.05) is 43.2 Å². The van der Waals surface area contributed by atoms with Crippen LogP contribution >= 0.6 is 0 Å². The Morgan fingerprint density at radius 3 is 2.38 bits per heavy atom. The highest BCUT2D eigenvalue weighted by Gasteiger charge is 2.44. The standard InChI is InChI=1S/C18H25NO2/c20-17(21-15-14-19-12-6-7-13-19)18(10-4-5-11-18)16-8-2-1-3-9-16/h1-3,8-9H,4-7,10-15H2/p+1. The molecule has 1 aliphatic heterocycles. The largest absolute Gasteiger partial charge is 0.459 e. The van der Waals surface area contributed by atoms with E-state index in [4.69, 9.17) is 4.74 Å². The number of carbonyl (C=O) groups is 1. The molecule has 114 valence electrons. The van der Waals surface area contributed by atoms with Crippen molar-refractivity contribution in [1.29, 1.82) is 0 Å². The fourth-order valence-electron chi connectivity index (χ4n) is 3.90. The van der Waals surface area contributed by atoms with E-state index < -0.39 is 0 Å². The molecule has 1 N–H and O–H groups in total. The lowest BCUT2D eigenvalue weighted by molar-refractivity contribution is -0.887. The number of likely N-dealkylation sites (tertiary alicyclic amines) is 1. The van der Waals surface area contributed by atoms with Gasteiger partial charge in [0.05, 0.1) is 18.5 Å². The summed E-state index contributed by atoms with van der Waals surface area (Å²) in [7, 11) is 0. The fourth-order valence-corrected chi connectivity index (χ4v) is 3.90. The van der Waals surface area contributed by atoms with Gasteiger partial charge in [-0.25, -0.2) is 0 Å². The van der Waals surface area contributed by atoms with Crippen LogP contribution in [0.2, 0.25) is 0 Å². The molecule has 0 atom stereocenters. The summed E-state index contributed by atoms with van der Waals surface area (Å²) in [5.74, 6) is 0.00444. The third kappa shape index (κ3) is 3.13. The zero-order chi connectivity index (χ0) is 14.5. The number of ether oxygens (including phenoxy) is 1. The molecule has 2 aliphatic rings. The molecule has 2 fully saturated rings. The molecule has 3 rings (SSSR count). The normalized spacial score (nSPS) is 21.5. The van der Waals surface area contributed by atoms with Crippen molar-refractivity contribution in [3.63, 3.8) is 0 Å². The highest BCUT2D eigenvalue weighted by Crippen LogP contribution is 2.42. The maximum absolute atomic E-state index is 12.7. The van der Waals surface area contributed by atoms with Crippen LogP contribution in [-0.4, -0.2) is 32.2 Å². The number of benzene rings is 1. The number of quaternary nitrogens is 1. The number of esters is 1. The summed E-state index contributed by atoms with van der Waals surface area (Å²) in [6, 6.07) is 10.2. The van der Waals surface area contributed by atoms with Gasteiger partial charge in [0, 0.05) is 12.8 Å². The van der Waals surface area contributed by atoms with E-state index in [2.05, 4.69) is 12.1 Å². The molecule has 1 aromatic rings. The summed E-state index contributed by atoms with van der Waals surface area (Å²) < 4.78 is 5.69. The van der Waals surface area contributed by atoms with Gasteiger partial charge in [0.2, 0.25) is 0 Å². The van der Waals surface area contributed by atoms with Gasteiger partial charge < -0.3 is 9.64 Å². The highest BCUT2D eigenvalue weighted by molar-refractivity contribution is 5.83. The van der Waals surface area contributed by atoms with E-state index in [0.29, 0.717) is 6.61 Å². The molecule has 0 radical (unpaired) electrons. The first kappa shape index (κ1) is 14.6. The monoisotopic (exact) mass is 288 g/mol. The Morgan fingerprint density at radius 1 is 1.05 bits per heavy atom. The van der Waals surface area contributed by atoms with E-state index in [-0.39, 0.29) is 11.4 Å². The second-order valence-corrected chi connectivity index (χ2v) is 6.50. The Bertz CT molecular complexity index is 459. The summed E-state index contributed by atoms with van der Waals surface area (Å²) in [5, 5.41) is 0. The van der Waals surface area contributed by atoms with E-state index in [1.54, 1.807) is 4.90 Å². The van der Waals surface area contributed by atoms with Crippen LogP contribution in [0.15, 0.2) is 30.3 Å². The van der Waals surface area contributed by atoms with Crippen LogP contribution in [0, 0.1) is 0 Å². The molecule has 3 heteroatoms. The quantitative estimate of drug-likeness (QED) is 0.836. The Balaban J connectivity index is 1.62. The van der Waals surface area contributed by atoms with Gasteiger partial charge in [-0.3, -0.25) is 4.79 Å². The molecule has 0 unspecified atom stereocenters. The molecule has 0 amide bonds. The van der Waals surface area contributed by atoms with Gasteiger partial charge in [-0.15, -0.1) is 0 Å². The molecule has 1 heterocycles. The summed E-state index contributed by atoms with van der Waals surface area (Å²) in [6.45, 7) is 4.02. The van der Waals surface area contributed by atoms with Crippen LogP contribution in [0.3, 0.4) is 0 Å². The number of carbonyl (C=O) groups excluding carboxylic acids is 1. The molecule has 1 saturated carbocycles. The third-order valence-electron chi connectivity index (χ3n) is 5.17. The topological polar surface area (TPSA) is 30.7 Å². The van der Waals surface area contributed by atoms with Crippen molar-refractivity contribution in [2.75, 3.05) is 26.2 Å². The minimum absolute atomic E-state index is 0.00444. The van der Waals surface area contributed by atoms with Crippen molar-refractivity contribution in [3.05, 3.63) is 35.9 Å². The molecule has 1 saturated heterocycles. The first-order chi connectivity index (χ1) is 10.3. The van der Waals surface area contributed by atoms with E-state index in [1.165, 1.54) is 25.9 Å². The van der Waals surface area contributed by atoms with Gasteiger partial charge >= 0.3 is 5.97 Å². The second-order valence-electron chi connectivity index (χ2n) is 6.50. The van der Waals surface area contributed by atoms with E-state index >= 15 is 0 Å². The van der Waals surface area contributed by atoms with Crippen LogP contribution < -0.4 is 4.90 Å². The van der Waals surface area contributed by atoms with E-state index in [0.717, 1.165) is 37.8 Å². The van der Waals surface area contributed by atoms with Crippen molar-refractivity contribution in [2.24, 2.45) is 0 Å². The van der Waals surface area contributed by atoms with Gasteiger partial charge in [0.15, 0.2) is 0 Å². The highest BCUT2D eigenvalue weighted by atomic mass is 16.5. The predicted molar refractivity (Wildman–Crippen MR) is 82.3 cm³/mol. The van der Waals surface area contributed by atoms with Gasteiger partial charge in [-0.05, 0) is 18.4 Å². The number of rotatable bonds is 5. The predicted octanol–water partition coefficient (Wildman–Crippen LogP) is 1.72. The Kier molecular flexibility index (Phi) is 4.59. The summed E-state index contributed by atoms with van der Waals surface area (Å²) in [6.07, 6.45) is 6.76. The van der Waals surface area contributed by atoms with Crippen LogP contribution in [0.1, 0.15) is 44.1 Å². The Labute approximate surface area is 127 Å². The van der Waals surface area contributed by atoms with Crippen molar-refractivity contribution < 1.29 is 14.4 Å². The molecule has 0 spiro atoms. The van der Waals surface area contributed by atoms with Crippen LogP contribution in [0.25, 0.3) is 0 Å². The lowest BCUT2D eigenvalue weighted by Gasteiger charge is -2.27.